The Bertz CT molecular complexity index is 641. The predicted molar refractivity (Wildman–Crippen MR) is 77.9 cm³/mol. The zero-order chi connectivity index (χ0) is 14.0. The molecule has 0 aliphatic rings. The first-order valence-electron chi connectivity index (χ1n) is 5.53. The highest BCUT2D eigenvalue weighted by Gasteiger charge is 2.11. The maximum atomic E-state index is 11.2. The fraction of sp³-hybridized carbons (Fsp3) is 0.0714. The number of hydrogen-bond acceptors (Lipinski definition) is 2. The van der Waals surface area contributed by atoms with Crippen LogP contribution in [0.5, 0.6) is 0 Å². The first-order valence-corrected chi connectivity index (χ1v) is 6.29. The molecule has 0 spiro atoms. The van der Waals surface area contributed by atoms with Gasteiger partial charge < -0.3 is 10.4 Å². The van der Waals surface area contributed by atoms with Crippen LogP contribution in [-0.2, 0) is 0 Å². The molecule has 2 aromatic rings. The van der Waals surface area contributed by atoms with Crippen LogP contribution in [0.4, 0.5) is 11.4 Å². The van der Waals surface area contributed by atoms with E-state index >= 15 is 0 Å². The maximum absolute atomic E-state index is 11.2. The monoisotopic (exact) mass is 295 g/mol. The van der Waals surface area contributed by atoms with Crippen molar-refractivity contribution in [1.29, 1.82) is 0 Å². The van der Waals surface area contributed by atoms with E-state index < -0.39 is 5.97 Å². The second-order valence-corrected chi connectivity index (χ2v) is 4.93. The van der Waals surface area contributed by atoms with Crippen molar-refractivity contribution in [2.24, 2.45) is 0 Å². The summed E-state index contributed by atoms with van der Waals surface area (Å²) in [6.45, 7) is 1.90. The average Bonchev–Trinajstić information content (AvgIpc) is 2.36. The lowest BCUT2D eigenvalue weighted by atomic mass is 10.1. The Morgan fingerprint density at radius 1 is 1.16 bits per heavy atom. The highest BCUT2D eigenvalue weighted by Crippen LogP contribution is 2.27. The molecule has 0 aliphatic carbocycles. The van der Waals surface area contributed by atoms with Crippen molar-refractivity contribution in [3.05, 3.63) is 57.6 Å². The van der Waals surface area contributed by atoms with Gasteiger partial charge in [0.25, 0.3) is 0 Å². The molecular weight excluding hydrogens is 285 g/mol. The third-order valence-corrected chi connectivity index (χ3v) is 3.31. The molecule has 98 valence electrons. The summed E-state index contributed by atoms with van der Waals surface area (Å²) in [5.74, 6) is -1.04. The lowest BCUT2D eigenvalue weighted by Gasteiger charge is -2.11. The smallest absolute Gasteiger partial charge is 0.337 e. The molecule has 0 atom stereocenters. The van der Waals surface area contributed by atoms with Crippen LogP contribution in [0.2, 0.25) is 10.0 Å². The zero-order valence-electron chi connectivity index (χ0n) is 10.1. The number of rotatable bonds is 3. The number of aromatic carboxylic acids is 1. The van der Waals surface area contributed by atoms with Gasteiger partial charge in [0.2, 0.25) is 0 Å². The van der Waals surface area contributed by atoms with Crippen LogP contribution in [0, 0.1) is 6.92 Å². The highest BCUT2D eigenvalue weighted by atomic mass is 35.5. The van der Waals surface area contributed by atoms with Crippen LogP contribution in [0.15, 0.2) is 36.4 Å². The Balaban J connectivity index is 2.37. The van der Waals surface area contributed by atoms with Crippen LogP contribution in [0.1, 0.15) is 15.9 Å². The lowest BCUT2D eigenvalue weighted by Crippen LogP contribution is -2.02. The summed E-state index contributed by atoms with van der Waals surface area (Å²) < 4.78 is 0. The number of hydrogen-bond donors (Lipinski definition) is 2. The molecule has 0 aliphatic heterocycles. The van der Waals surface area contributed by atoms with E-state index in [-0.39, 0.29) is 5.56 Å². The molecule has 5 heteroatoms. The van der Waals surface area contributed by atoms with Crippen molar-refractivity contribution in [1.82, 2.24) is 0 Å². The molecule has 0 unspecified atom stereocenters. The number of carboxylic acids is 1. The number of carbonyl (C=O) groups is 1. The van der Waals surface area contributed by atoms with Gasteiger partial charge in [0.15, 0.2) is 0 Å². The topological polar surface area (TPSA) is 49.3 Å². The summed E-state index contributed by atoms with van der Waals surface area (Å²) >= 11 is 11.8. The van der Waals surface area contributed by atoms with E-state index in [4.69, 9.17) is 28.3 Å². The van der Waals surface area contributed by atoms with Crippen molar-refractivity contribution >= 4 is 40.5 Å². The second kappa shape index (κ2) is 5.51. The first kappa shape index (κ1) is 13.7. The molecule has 2 N–H and O–H groups in total. The lowest BCUT2D eigenvalue weighted by molar-refractivity contribution is 0.0698. The molecule has 19 heavy (non-hydrogen) atoms. The molecule has 3 nitrogen and oxygen atoms in total. The SMILES string of the molecule is Cc1ccc(Nc2ccc(Cl)cc2C(=O)O)cc1Cl. The standard InChI is InChI=1S/C14H11Cl2NO2/c1-8-2-4-10(7-12(8)16)17-13-5-3-9(15)6-11(13)14(18)19/h2-7,17H,1H3,(H,18,19). The Morgan fingerprint density at radius 2 is 1.89 bits per heavy atom. The largest absolute Gasteiger partial charge is 0.478 e. The summed E-state index contributed by atoms with van der Waals surface area (Å²) in [5, 5.41) is 13.2. The van der Waals surface area contributed by atoms with Gasteiger partial charge >= 0.3 is 5.97 Å². The van der Waals surface area contributed by atoms with Gasteiger partial charge in [0, 0.05) is 15.7 Å². The molecule has 0 saturated carbocycles. The number of nitrogens with one attached hydrogen (secondary N) is 1. The highest BCUT2D eigenvalue weighted by molar-refractivity contribution is 6.31. The molecule has 0 heterocycles. The van der Waals surface area contributed by atoms with Crippen molar-refractivity contribution in [3.8, 4) is 0 Å². The van der Waals surface area contributed by atoms with Crippen molar-refractivity contribution in [2.45, 2.75) is 6.92 Å². The molecule has 0 fully saturated rings. The van der Waals surface area contributed by atoms with Crippen LogP contribution in [-0.4, -0.2) is 11.1 Å². The second-order valence-electron chi connectivity index (χ2n) is 4.08. The van der Waals surface area contributed by atoms with Gasteiger partial charge in [-0.1, -0.05) is 29.3 Å². The van der Waals surface area contributed by atoms with Gasteiger partial charge in [0.05, 0.1) is 11.3 Å². The summed E-state index contributed by atoms with van der Waals surface area (Å²) in [6.07, 6.45) is 0. The minimum absolute atomic E-state index is 0.115. The first-order chi connectivity index (χ1) is 8.97. The minimum Gasteiger partial charge on any atom is -0.478 e. The van der Waals surface area contributed by atoms with Crippen LogP contribution >= 0.6 is 23.2 Å². The number of aryl methyl sites for hydroxylation is 1. The van der Waals surface area contributed by atoms with E-state index in [1.807, 2.05) is 19.1 Å². The van der Waals surface area contributed by atoms with E-state index in [0.717, 1.165) is 11.3 Å². The fourth-order valence-electron chi connectivity index (χ4n) is 1.63. The van der Waals surface area contributed by atoms with Crippen LogP contribution in [0.25, 0.3) is 0 Å². The van der Waals surface area contributed by atoms with E-state index in [0.29, 0.717) is 15.7 Å². The number of anilines is 2. The number of carboxylic acid groups (broad SMARTS) is 1. The molecule has 0 radical (unpaired) electrons. The van der Waals surface area contributed by atoms with Gasteiger partial charge in [-0.3, -0.25) is 0 Å². The third-order valence-electron chi connectivity index (χ3n) is 2.66. The van der Waals surface area contributed by atoms with Crippen LogP contribution in [0.3, 0.4) is 0 Å². The zero-order valence-corrected chi connectivity index (χ0v) is 11.6. The van der Waals surface area contributed by atoms with Crippen molar-refractivity contribution in [2.75, 3.05) is 5.32 Å². The van der Waals surface area contributed by atoms with Crippen LogP contribution < -0.4 is 5.32 Å². The van der Waals surface area contributed by atoms with Gasteiger partial charge in [-0.2, -0.15) is 0 Å². The summed E-state index contributed by atoms with van der Waals surface area (Å²) in [5.41, 5.74) is 2.27. The predicted octanol–water partition coefficient (Wildman–Crippen LogP) is 4.74. The quantitative estimate of drug-likeness (QED) is 0.859. The Morgan fingerprint density at radius 3 is 2.53 bits per heavy atom. The Labute approximate surface area is 120 Å². The van der Waals surface area contributed by atoms with Crippen molar-refractivity contribution < 1.29 is 9.90 Å². The Hall–Kier alpha value is -1.71. The summed E-state index contributed by atoms with van der Waals surface area (Å²) in [7, 11) is 0. The molecule has 0 bridgehead atoms. The molecule has 2 aromatic carbocycles. The molecule has 0 aromatic heterocycles. The van der Waals surface area contributed by atoms with Gasteiger partial charge in [-0.15, -0.1) is 0 Å². The minimum atomic E-state index is -1.04. The maximum Gasteiger partial charge on any atom is 0.337 e. The summed E-state index contributed by atoms with van der Waals surface area (Å²) in [6, 6.07) is 10.1. The fourth-order valence-corrected chi connectivity index (χ4v) is 1.98. The molecule has 0 amide bonds. The van der Waals surface area contributed by atoms with E-state index in [1.54, 1.807) is 18.2 Å². The molecular formula is C14H11Cl2NO2. The number of halogens is 2. The third kappa shape index (κ3) is 3.19. The van der Waals surface area contributed by atoms with Gasteiger partial charge in [-0.05, 0) is 42.8 Å². The normalized spacial score (nSPS) is 10.3. The summed E-state index contributed by atoms with van der Waals surface area (Å²) in [4.78, 5) is 11.2. The number of benzene rings is 2. The molecule has 0 saturated heterocycles. The van der Waals surface area contributed by atoms with E-state index in [2.05, 4.69) is 5.32 Å². The molecule has 2 rings (SSSR count). The Kier molecular flexibility index (Phi) is 3.98. The van der Waals surface area contributed by atoms with E-state index in [9.17, 15) is 4.79 Å². The average molecular weight is 296 g/mol. The van der Waals surface area contributed by atoms with E-state index in [1.165, 1.54) is 6.07 Å². The van der Waals surface area contributed by atoms with Gasteiger partial charge in [-0.25, -0.2) is 4.79 Å². The van der Waals surface area contributed by atoms with Crippen molar-refractivity contribution in [3.63, 3.8) is 0 Å². The van der Waals surface area contributed by atoms with Gasteiger partial charge in [0.1, 0.15) is 0 Å².